The summed E-state index contributed by atoms with van der Waals surface area (Å²) in [6, 6.07) is 4.20. The zero-order valence-corrected chi connectivity index (χ0v) is 16.2. The number of ether oxygens (including phenoxy) is 2. The molecule has 1 amide bonds. The van der Waals surface area contributed by atoms with Crippen LogP contribution in [0.5, 0.6) is 0 Å². The van der Waals surface area contributed by atoms with Crippen molar-refractivity contribution >= 4 is 41.2 Å². The van der Waals surface area contributed by atoms with Crippen LogP contribution in [0.2, 0.25) is 5.02 Å². The van der Waals surface area contributed by atoms with Crippen LogP contribution in [0.15, 0.2) is 23.1 Å². The number of carbonyl (C=O) groups is 3. The average molecular weight is 388 g/mol. The molecule has 1 atom stereocenters. The van der Waals surface area contributed by atoms with Gasteiger partial charge in [-0.05, 0) is 36.8 Å². The van der Waals surface area contributed by atoms with Gasteiger partial charge in [-0.15, -0.1) is 11.8 Å². The van der Waals surface area contributed by atoms with Crippen LogP contribution in [0, 0.1) is 5.92 Å². The number of hydrogen-bond donors (Lipinski definition) is 1. The van der Waals surface area contributed by atoms with E-state index in [-0.39, 0.29) is 16.5 Å². The van der Waals surface area contributed by atoms with E-state index in [2.05, 4.69) is 10.1 Å². The van der Waals surface area contributed by atoms with Crippen molar-refractivity contribution in [1.82, 2.24) is 5.32 Å². The summed E-state index contributed by atoms with van der Waals surface area (Å²) in [6.45, 7) is 3.33. The first-order valence-electron chi connectivity index (χ1n) is 7.66. The molecule has 25 heavy (non-hydrogen) atoms. The van der Waals surface area contributed by atoms with E-state index in [0.717, 1.165) is 4.90 Å². The van der Waals surface area contributed by atoms with E-state index >= 15 is 0 Å². The quantitative estimate of drug-likeness (QED) is 0.545. The van der Waals surface area contributed by atoms with Gasteiger partial charge in [0.25, 0.3) is 5.91 Å². The maximum absolute atomic E-state index is 12.1. The minimum atomic E-state index is -0.778. The molecule has 1 unspecified atom stereocenters. The second-order valence-electron chi connectivity index (χ2n) is 5.69. The van der Waals surface area contributed by atoms with Crippen molar-refractivity contribution < 1.29 is 23.9 Å². The topological polar surface area (TPSA) is 81.7 Å². The summed E-state index contributed by atoms with van der Waals surface area (Å²) in [6.07, 6.45) is 2.29. The zero-order valence-electron chi connectivity index (χ0n) is 14.6. The first-order valence-corrected chi connectivity index (χ1v) is 9.26. The van der Waals surface area contributed by atoms with Crippen LogP contribution in [0.1, 0.15) is 30.6 Å². The molecule has 0 spiro atoms. The highest BCUT2D eigenvalue weighted by atomic mass is 35.5. The van der Waals surface area contributed by atoms with Crippen molar-refractivity contribution in [2.45, 2.75) is 31.2 Å². The predicted octanol–water partition coefficient (Wildman–Crippen LogP) is 2.92. The molecule has 0 radical (unpaired) electrons. The first-order chi connectivity index (χ1) is 11.8. The standard InChI is InChI=1S/C17H22ClNO5S/c1-10(2)7-14(17(22)23-3)19-15(20)9-24-16(21)12-8-11(25-4)5-6-13(12)18/h5-6,8,10,14H,7,9H2,1-4H3,(H,19,20). The van der Waals surface area contributed by atoms with Gasteiger partial charge in [0.15, 0.2) is 6.61 Å². The fourth-order valence-corrected chi connectivity index (χ4v) is 2.69. The molecule has 0 aromatic heterocycles. The van der Waals surface area contributed by atoms with Crippen LogP contribution in [0.25, 0.3) is 0 Å². The highest BCUT2D eigenvalue weighted by Crippen LogP contribution is 2.23. The van der Waals surface area contributed by atoms with Gasteiger partial charge < -0.3 is 14.8 Å². The molecule has 0 saturated heterocycles. The second kappa shape index (κ2) is 10.3. The summed E-state index contributed by atoms with van der Waals surface area (Å²) >= 11 is 7.45. The Balaban J connectivity index is 2.65. The number of benzene rings is 1. The van der Waals surface area contributed by atoms with Crippen molar-refractivity contribution in [1.29, 1.82) is 0 Å². The minimum absolute atomic E-state index is 0.181. The summed E-state index contributed by atoms with van der Waals surface area (Å²) in [7, 11) is 1.25. The van der Waals surface area contributed by atoms with Crippen molar-refractivity contribution in [3.8, 4) is 0 Å². The molecule has 0 heterocycles. The van der Waals surface area contributed by atoms with Crippen LogP contribution in [-0.2, 0) is 19.1 Å². The lowest BCUT2D eigenvalue weighted by Gasteiger charge is -2.18. The highest BCUT2D eigenvalue weighted by molar-refractivity contribution is 7.98. The van der Waals surface area contributed by atoms with E-state index in [1.807, 2.05) is 20.1 Å². The molecule has 0 fully saturated rings. The number of halogens is 1. The molecule has 0 aliphatic heterocycles. The molecule has 1 N–H and O–H groups in total. The Morgan fingerprint density at radius 2 is 1.96 bits per heavy atom. The number of hydrogen-bond acceptors (Lipinski definition) is 6. The maximum Gasteiger partial charge on any atom is 0.340 e. The third kappa shape index (κ3) is 6.96. The van der Waals surface area contributed by atoms with Gasteiger partial charge in [0.1, 0.15) is 6.04 Å². The lowest BCUT2D eigenvalue weighted by Crippen LogP contribution is -2.44. The van der Waals surface area contributed by atoms with E-state index in [9.17, 15) is 14.4 Å². The predicted molar refractivity (Wildman–Crippen MR) is 96.9 cm³/mol. The Bertz CT molecular complexity index is 635. The molecule has 8 heteroatoms. The summed E-state index contributed by atoms with van der Waals surface area (Å²) < 4.78 is 9.66. The SMILES string of the molecule is COC(=O)C(CC(C)C)NC(=O)COC(=O)c1cc(SC)ccc1Cl. The number of carbonyl (C=O) groups excluding carboxylic acids is 3. The number of thioether (sulfide) groups is 1. The smallest absolute Gasteiger partial charge is 0.340 e. The van der Waals surface area contributed by atoms with E-state index < -0.39 is 30.5 Å². The summed E-state index contributed by atoms with van der Waals surface area (Å²) in [5.41, 5.74) is 0.188. The number of esters is 2. The molecule has 138 valence electrons. The number of rotatable bonds is 8. The van der Waals surface area contributed by atoms with Crippen LogP contribution < -0.4 is 5.32 Å². The Labute approximate surface area is 156 Å². The molecule has 6 nitrogen and oxygen atoms in total. The highest BCUT2D eigenvalue weighted by Gasteiger charge is 2.23. The van der Waals surface area contributed by atoms with Crippen molar-refractivity contribution in [2.75, 3.05) is 20.0 Å². The molecular weight excluding hydrogens is 366 g/mol. The summed E-state index contributed by atoms with van der Waals surface area (Å²) in [5, 5.41) is 2.76. The average Bonchev–Trinajstić information content (AvgIpc) is 2.58. The molecule has 1 aromatic rings. The Kier molecular flexibility index (Phi) is 8.78. The molecule has 1 aromatic carbocycles. The summed E-state index contributed by atoms with van der Waals surface area (Å²) in [5.74, 6) is -1.64. The zero-order chi connectivity index (χ0) is 19.0. The molecular formula is C17H22ClNO5S. The van der Waals surface area contributed by atoms with Crippen molar-refractivity contribution in [3.63, 3.8) is 0 Å². The molecule has 0 aliphatic carbocycles. The van der Waals surface area contributed by atoms with Gasteiger partial charge in [-0.1, -0.05) is 25.4 Å². The molecule has 0 saturated carbocycles. The Morgan fingerprint density at radius 1 is 1.28 bits per heavy atom. The van der Waals surface area contributed by atoms with Gasteiger partial charge in [0.05, 0.1) is 17.7 Å². The maximum atomic E-state index is 12.1. The number of amides is 1. The van der Waals surface area contributed by atoms with Gasteiger partial charge in [0.2, 0.25) is 0 Å². The van der Waals surface area contributed by atoms with Crippen molar-refractivity contribution in [2.24, 2.45) is 5.92 Å². The van der Waals surface area contributed by atoms with E-state index in [1.165, 1.54) is 18.9 Å². The van der Waals surface area contributed by atoms with Crippen LogP contribution >= 0.6 is 23.4 Å². The second-order valence-corrected chi connectivity index (χ2v) is 6.98. The fraction of sp³-hybridized carbons (Fsp3) is 0.471. The molecule has 0 bridgehead atoms. The van der Waals surface area contributed by atoms with Crippen LogP contribution in [-0.4, -0.2) is 43.9 Å². The van der Waals surface area contributed by atoms with Crippen molar-refractivity contribution in [3.05, 3.63) is 28.8 Å². The van der Waals surface area contributed by atoms with E-state index in [0.29, 0.717) is 6.42 Å². The largest absolute Gasteiger partial charge is 0.467 e. The lowest BCUT2D eigenvalue weighted by molar-refractivity contribution is -0.145. The normalized spacial score (nSPS) is 11.8. The monoisotopic (exact) mass is 387 g/mol. The van der Waals surface area contributed by atoms with Gasteiger partial charge in [-0.2, -0.15) is 0 Å². The number of methoxy groups -OCH3 is 1. The van der Waals surface area contributed by atoms with Gasteiger partial charge in [0, 0.05) is 4.90 Å². The Morgan fingerprint density at radius 3 is 2.52 bits per heavy atom. The minimum Gasteiger partial charge on any atom is -0.467 e. The summed E-state index contributed by atoms with van der Waals surface area (Å²) in [4.78, 5) is 36.6. The molecule has 0 aliphatic rings. The third-order valence-electron chi connectivity index (χ3n) is 3.26. The van der Waals surface area contributed by atoms with Crippen LogP contribution in [0.4, 0.5) is 0 Å². The van der Waals surface area contributed by atoms with Gasteiger partial charge in [-0.3, -0.25) is 4.79 Å². The number of nitrogens with one attached hydrogen (secondary N) is 1. The van der Waals surface area contributed by atoms with Crippen LogP contribution in [0.3, 0.4) is 0 Å². The first kappa shape index (κ1) is 21.3. The lowest BCUT2D eigenvalue weighted by atomic mass is 10.0. The fourth-order valence-electron chi connectivity index (χ4n) is 2.06. The third-order valence-corrected chi connectivity index (χ3v) is 4.31. The van der Waals surface area contributed by atoms with Gasteiger partial charge >= 0.3 is 11.9 Å². The molecule has 1 rings (SSSR count). The van der Waals surface area contributed by atoms with E-state index in [1.54, 1.807) is 18.2 Å². The van der Waals surface area contributed by atoms with Gasteiger partial charge in [-0.25, -0.2) is 9.59 Å². The Hall–Kier alpha value is -1.73. The van der Waals surface area contributed by atoms with E-state index in [4.69, 9.17) is 16.3 Å².